The molecule has 0 radical (unpaired) electrons. The molecule has 2 atom stereocenters. The summed E-state index contributed by atoms with van der Waals surface area (Å²) in [6.07, 6.45) is 47.5. The Labute approximate surface area is 288 Å². The normalized spacial score (nSPS) is 14.6. The Bertz CT molecular complexity index is 728. The first kappa shape index (κ1) is 44.8. The molecule has 46 heavy (non-hydrogen) atoms. The van der Waals surface area contributed by atoms with Crippen molar-refractivity contribution < 1.29 is 14.6 Å². The number of likely N-dealkylation sites (N-methyl/N-ethyl adjacent to an activating group) is 1. The van der Waals surface area contributed by atoms with Crippen LogP contribution in [0.25, 0.3) is 0 Å². The number of ether oxygens (including phenoxy) is 2. The Hall–Kier alpha value is -1.20. The van der Waals surface area contributed by atoms with Crippen LogP contribution >= 0.6 is 0 Å². The number of unbranched alkanes of at least 4 members (excludes halogenated alkanes) is 18. The summed E-state index contributed by atoms with van der Waals surface area (Å²) in [7, 11) is 3.99. The number of nitrogens with zero attached hydrogens (tertiary/aromatic N) is 1. The highest BCUT2D eigenvalue weighted by atomic mass is 16.6. The third-order valence-electron chi connectivity index (χ3n) is 9.06. The van der Waals surface area contributed by atoms with Crippen molar-refractivity contribution in [2.45, 2.75) is 187 Å². The van der Waals surface area contributed by atoms with Crippen LogP contribution in [-0.2, 0) is 9.47 Å². The van der Waals surface area contributed by atoms with Crippen molar-refractivity contribution in [2.24, 2.45) is 0 Å². The van der Waals surface area contributed by atoms with Gasteiger partial charge in [0, 0.05) is 13.2 Å². The first-order valence-corrected chi connectivity index (χ1v) is 19.6. The fraction of sp³-hybridized carbons (Fsp3) is 0.810. The van der Waals surface area contributed by atoms with Crippen molar-refractivity contribution in [3.63, 3.8) is 0 Å². The van der Waals surface area contributed by atoms with E-state index in [1.807, 2.05) is 25.9 Å². The van der Waals surface area contributed by atoms with Gasteiger partial charge in [-0.1, -0.05) is 140 Å². The van der Waals surface area contributed by atoms with Gasteiger partial charge in [-0.3, -0.25) is 4.90 Å². The average Bonchev–Trinajstić information content (AvgIpc) is 3.05. The molecule has 270 valence electrons. The molecule has 0 amide bonds. The third-order valence-corrected chi connectivity index (χ3v) is 9.06. The topological polar surface area (TPSA) is 41.9 Å². The molecule has 2 unspecified atom stereocenters. The molecule has 0 aliphatic heterocycles. The van der Waals surface area contributed by atoms with Gasteiger partial charge < -0.3 is 14.6 Å². The molecule has 0 aliphatic rings. The van der Waals surface area contributed by atoms with Gasteiger partial charge in [0.25, 0.3) is 0 Å². The van der Waals surface area contributed by atoms with Gasteiger partial charge in [0.2, 0.25) is 0 Å². The largest absolute Gasteiger partial charge is 0.379 e. The van der Waals surface area contributed by atoms with Crippen molar-refractivity contribution in [3.05, 3.63) is 48.6 Å². The van der Waals surface area contributed by atoms with Crippen LogP contribution in [0.4, 0.5) is 0 Å². The van der Waals surface area contributed by atoms with Crippen molar-refractivity contribution in [1.82, 2.24) is 4.90 Å². The molecule has 0 rings (SSSR count). The first-order valence-electron chi connectivity index (χ1n) is 19.6. The van der Waals surface area contributed by atoms with E-state index in [1.54, 1.807) is 0 Å². The number of aliphatic hydroxyl groups excluding tert-OH is 1. The van der Waals surface area contributed by atoms with Crippen LogP contribution in [0.3, 0.4) is 0 Å². The predicted molar refractivity (Wildman–Crippen MR) is 204 cm³/mol. The van der Waals surface area contributed by atoms with Gasteiger partial charge in [0.05, 0.1) is 12.1 Å². The Kier molecular flexibility index (Phi) is 34.2. The van der Waals surface area contributed by atoms with E-state index in [2.05, 4.69) is 62.5 Å². The van der Waals surface area contributed by atoms with E-state index in [1.165, 1.54) is 122 Å². The Morgan fingerprint density at radius 2 is 0.891 bits per heavy atom. The second-order valence-corrected chi connectivity index (χ2v) is 13.7. The van der Waals surface area contributed by atoms with Gasteiger partial charge in [-0.05, 0) is 98.1 Å². The van der Waals surface area contributed by atoms with E-state index in [-0.39, 0.29) is 0 Å². The molecule has 0 fully saturated rings. The zero-order chi connectivity index (χ0) is 33.8. The SMILES string of the molecule is CCCCC/C=C\C/C=C\CCCCCCCCOCC(C)(C(O)OCCCCCCCC/C=C\C/C=C\CCCCC)N(C)C. The summed E-state index contributed by atoms with van der Waals surface area (Å²) >= 11 is 0. The fourth-order valence-electron chi connectivity index (χ4n) is 5.36. The minimum atomic E-state index is -0.851. The van der Waals surface area contributed by atoms with Crippen LogP contribution in [0.2, 0.25) is 0 Å². The molecule has 4 nitrogen and oxygen atoms in total. The molecule has 0 saturated carbocycles. The molecule has 4 heteroatoms. The second kappa shape index (κ2) is 35.1. The van der Waals surface area contributed by atoms with Gasteiger partial charge in [-0.15, -0.1) is 0 Å². The van der Waals surface area contributed by atoms with Crippen molar-refractivity contribution in [2.75, 3.05) is 33.9 Å². The Morgan fingerprint density at radius 1 is 0.522 bits per heavy atom. The maximum Gasteiger partial charge on any atom is 0.175 e. The fourth-order valence-corrected chi connectivity index (χ4v) is 5.36. The van der Waals surface area contributed by atoms with Crippen LogP contribution in [0.15, 0.2) is 48.6 Å². The molecule has 0 aliphatic carbocycles. The quantitative estimate of drug-likeness (QED) is 0.0423. The molecule has 0 spiro atoms. The lowest BCUT2D eigenvalue weighted by molar-refractivity contribution is -0.190. The number of hydrogen-bond donors (Lipinski definition) is 1. The van der Waals surface area contributed by atoms with Crippen LogP contribution in [0, 0.1) is 0 Å². The Balaban J connectivity index is 3.74. The smallest absolute Gasteiger partial charge is 0.175 e. The third kappa shape index (κ3) is 29.0. The van der Waals surface area contributed by atoms with Crippen molar-refractivity contribution in [3.8, 4) is 0 Å². The van der Waals surface area contributed by atoms with Crippen LogP contribution in [0.1, 0.15) is 175 Å². The van der Waals surface area contributed by atoms with Gasteiger partial charge >= 0.3 is 0 Å². The summed E-state index contributed by atoms with van der Waals surface area (Å²) in [6.45, 7) is 8.38. The highest BCUT2D eigenvalue weighted by Crippen LogP contribution is 2.20. The number of aliphatic hydroxyl groups is 1. The monoisotopic (exact) mass is 646 g/mol. The molecule has 0 heterocycles. The zero-order valence-electron chi connectivity index (χ0n) is 31.5. The van der Waals surface area contributed by atoms with Crippen molar-refractivity contribution >= 4 is 0 Å². The van der Waals surface area contributed by atoms with E-state index in [4.69, 9.17) is 9.47 Å². The number of allylic oxidation sites excluding steroid dienone is 8. The second-order valence-electron chi connectivity index (χ2n) is 13.7. The summed E-state index contributed by atoms with van der Waals surface area (Å²) in [5, 5.41) is 10.8. The van der Waals surface area contributed by atoms with Gasteiger partial charge in [0.1, 0.15) is 0 Å². The number of rotatable bonds is 35. The summed E-state index contributed by atoms with van der Waals surface area (Å²) < 4.78 is 11.9. The molecule has 0 aromatic heterocycles. The molecule has 0 aromatic carbocycles. The number of hydrogen-bond acceptors (Lipinski definition) is 4. The highest BCUT2D eigenvalue weighted by Gasteiger charge is 2.36. The van der Waals surface area contributed by atoms with E-state index in [0.29, 0.717) is 13.2 Å². The predicted octanol–water partition coefficient (Wildman–Crippen LogP) is 12.3. The molecular weight excluding hydrogens is 566 g/mol. The maximum atomic E-state index is 10.8. The van der Waals surface area contributed by atoms with Crippen LogP contribution in [-0.4, -0.2) is 55.8 Å². The summed E-state index contributed by atoms with van der Waals surface area (Å²) in [5.74, 6) is 0. The Morgan fingerprint density at radius 3 is 1.30 bits per heavy atom. The maximum absolute atomic E-state index is 10.8. The van der Waals surface area contributed by atoms with Crippen molar-refractivity contribution in [1.29, 1.82) is 0 Å². The van der Waals surface area contributed by atoms with Crippen LogP contribution < -0.4 is 0 Å². The van der Waals surface area contributed by atoms with Gasteiger partial charge in [0.15, 0.2) is 6.29 Å². The lowest BCUT2D eigenvalue weighted by atomic mass is 10.0. The summed E-state index contributed by atoms with van der Waals surface area (Å²) in [6, 6.07) is 0. The molecular formula is C42H79NO3. The molecule has 1 N–H and O–H groups in total. The van der Waals surface area contributed by atoms with Gasteiger partial charge in [-0.2, -0.15) is 0 Å². The minimum Gasteiger partial charge on any atom is -0.379 e. The van der Waals surface area contributed by atoms with E-state index < -0.39 is 11.8 Å². The highest BCUT2D eigenvalue weighted by molar-refractivity contribution is 4.93. The standard InChI is InChI=1S/C42H79NO3/c1-6-8-10-12-14-16-18-20-22-24-26-28-30-32-34-36-38-45-40-42(3,43(4)5)41(44)46-39-37-35-33-31-29-27-25-23-21-19-17-15-13-11-9-7-2/h14-17,20-23,41,44H,6-13,18-19,24-40H2,1-5H3/b16-14-,17-15-,22-20-,23-21-. The van der Waals surface area contributed by atoms with E-state index >= 15 is 0 Å². The van der Waals surface area contributed by atoms with E-state index in [9.17, 15) is 5.11 Å². The molecule has 0 aromatic rings. The minimum absolute atomic E-state index is 0.477. The van der Waals surface area contributed by atoms with E-state index in [0.717, 1.165) is 38.7 Å². The molecule has 0 bridgehead atoms. The first-order chi connectivity index (χ1) is 22.5. The lowest BCUT2D eigenvalue weighted by Gasteiger charge is -2.39. The summed E-state index contributed by atoms with van der Waals surface area (Å²) in [4.78, 5) is 2.04. The van der Waals surface area contributed by atoms with Crippen LogP contribution in [0.5, 0.6) is 0 Å². The summed E-state index contributed by atoms with van der Waals surface area (Å²) in [5.41, 5.74) is -0.545. The molecule has 0 saturated heterocycles. The lowest BCUT2D eigenvalue weighted by Crippen LogP contribution is -2.55. The zero-order valence-corrected chi connectivity index (χ0v) is 31.5. The van der Waals surface area contributed by atoms with Gasteiger partial charge in [-0.25, -0.2) is 0 Å². The average molecular weight is 646 g/mol.